The van der Waals surface area contributed by atoms with Gasteiger partial charge < -0.3 is 23.5 Å². The molecule has 2 saturated heterocycles. The summed E-state index contributed by atoms with van der Waals surface area (Å²) in [7, 11) is 0. The summed E-state index contributed by atoms with van der Waals surface area (Å²) in [5.41, 5.74) is 0.390. The van der Waals surface area contributed by atoms with Crippen molar-refractivity contribution < 1.29 is 23.4 Å². The second-order valence-corrected chi connectivity index (χ2v) is 7.92. The lowest BCUT2D eigenvalue weighted by Crippen LogP contribution is -2.41. The molecule has 0 N–H and O–H groups in total. The molecule has 2 fully saturated rings. The van der Waals surface area contributed by atoms with Crippen LogP contribution in [0.25, 0.3) is 11.0 Å². The zero-order chi connectivity index (χ0) is 21.6. The highest BCUT2D eigenvalue weighted by molar-refractivity contribution is 5.83. The summed E-state index contributed by atoms with van der Waals surface area (Å²) in [6, 6.07) is 6.93. The maximum atomic E-state index is 12.6. The third kappa shape index (κ3) is 5.19. The molecule has 0 spiro atoms. The fraction of sp³-hybridized carbons (Fsp3) is 0.565. The number of esters is 1. The maximum absolute atomic E-state index is 12.6. The van der Waals surface area contributed by atoms with Crippen LogP contribution in [0.1, 0.15) is 19.8 Å². The van der Waals surface area contributed by atoms with Crippen molar-refractivity contribution in [3.05, 3.63) is 34.5 Å². The van der Waals surface area contributed by atoms with Crippen molar-refractivity contribution >= 4 is 22.8 Å². The van der Waals surface area contributed by atoms with Gasteiger partial charge in [-0.05, 0) is 38.4 Å². The van der Waals surface area contributed by atoms with Gasteiger partial charge in [0, 0.05) is 32.2 Å². The van der Waals surface area contributed by atoms with Crippen molar-refractivity contribution in [2.75, 3.05) is 64.1 Å². The van der Waals surface area contributed by atoms with Gasteiger partial charge in [0.05, 0.1) is 31.1 Å². The first kappa shape index (κ1) is 21.6. The van der Waals surface area contributed by atoms with E-state index in [0.29, 0.717) is 75.2 Å². The Labute approximate surface area is 181 Å². The third-order valence-corrected chi connectivity index (χ3v) is 5.82. The van der Waals surface area contributed by atoms with E-state index in [0.717, 1.165) is 19.4 Å². The van der Waals surface area contributed by atoms with Crippen LogP contribution < -0.4 is 15.1 Å². The Hall–Kier alpha value is -2.58. The highest BCUT2D eigenvalue weighted by Gasteiger charge is 2.26. The molecular weight excluding hydrogens is 400 g/mol. The topological polar surface area (TPSA) is 81.5 Å². The van der Waals surface area contributed by atoms with Crippen LogP contribution in [0.5, 0.6) is 5.75 Å². The quantitative estimate of drug-likeness (QED) is 0.619. The number of hydrogen-bond acceptors (Lipinski definition) is 8. The molecule has 168 valence electrons. The molecular formula is C23H30N2O6. The molecule has 0 amide bonds. The van der Waals surface area contributed by atoms with Gasteiger partial charge in [0.25, 0.3) is 0 Å². The second kappa shape index (κ2) is 10.2. The molecule has 4 rings (SSSR count). The number of carbonyl (C=O) groups is 1. The number of hydrogen-bond donors (Lipinski definition) is 0. The molecule has 0 saturated carbocycles. The largest absolute Gasteiger partial charge is 0.488 e. The fourth-order valence-electron chi connectivity index (χ4n) is 4.19. The fourth-order valence-corrected chi connectivity index (χ4v) is 4.19. The minimum atomic E-state index is -0.111. The van der Waals surface area contributed by atoms with Gasteiger partial charge in [0.1, 0.15) is 6.61 Å². The van der Waals surface area contributed by atoms with E-state index < -0.39 is 0 Å². The number of ether oxygens (including phenoxy) is 3. The van der Waals surface area contributed by atoms with E-state index >= 15 is 0 Å². The van der Waals surface area contributed by atoms with Crippen LogP contribution in [-0.4, -0.2) is 70.0 Å². The Balaban J connectivity index is 1.43. The van der Waals surface area contributed by atoms with Gasteiger partial charge in [0.15, 0.2) is 22.6 Å². The van der Waals surface area contributed by atoms with Crippen LogP contribution in [0.4, 0.5) is 5.88 Å². The number of benzene rings is 1. The van der Waals surface area contributed by atoms with Crippen LogP contribution in [0.3, 0.4) is 0 Å². The van der Waals surface area contributed by atoms with E-state index in [9.17, 15) is 9.59 Å². The Morgan fingerprint density at radius 3 is 2.87 bits per heavy atom. The van der Waals surface area contributed by atoms with Gasteiger partial charge in [-0.3, -0.25) is 14.5 Å². The molecule has 8 heteroatoms. The SMILES string of the molecule is CCOC(=O)C1CCCN(CCOc2cccc3c(=O)cc(N4CCOCC4)oc23)C1. The second-order valence-electron chi connectivity index (χ2n) is 7.92. The Bertz CT molecular complexity index is 953. The molecule has 0 radical (unpaired) electrons. The number of morpholine rings is 1. The predicted octanol–water partition coefficient (Wildman–Crippen LogP) is 2.28. The minimum Gasteiger partial charge on any atom is -0.488 e. The Kier molecular flexibility index (Phi) is 7.09. The summed E-state index contributed by atoms with van der Waals surface area (Å²) >= 11 is 0. The molecule has 8 nitrogen and oxygen atoms in total. The van der Waals surface area contributed by atoms with Crippen molar-refractivity contribution in [3.63, 3.8) is 0 Å². The molecule has 3 heterocycles. The standard InChI is InChI=1S/C23H30N2O6/c1-2-29-23(27)17-5-4-8-24(16-17)9-14-30-20-7-3-6-18-19(26)15-21(31-22(18)20)25-10-12-28-13-11-25/h3,6-7,15,17H,2,4-5,8-14,16H2,1H3. The van der Waals surface area contributed by atoms with E-state index in [4.69, 9.17) is 18.6 Å². The lowest BCUT2D eigenvalue weighted by Gasteiger charge is -2.31. The highest BCUT2D eigenvalue weighted by Crippen LogP contribution is 2.28. The van der Waals surface area contributed by atoms with Gasteiger partial charge in [-0.1, -0.05) is 6.07 Å². The van der Waals surface area contributed by atoms with Crippen molar-refractivity contribution in [1.29, 1.82) is 0 Å². The van der Waals surface area contributed by atoms with E-state index in [1.807, 2.05) is 17.9 Å². The summed E-state index contributed by atoms with van der Waals surface area (Å²) in [4.78, 5) is 28.9. The van der Waals surface area contributed by atoms with Crippen LogP contribution in [0, 0.1) is 5.92 Å². The summed E-state index contributed by atoms with van der Waals surface area (Å²) in [5, 5.41) is 0.509. The first-order valence-electron chi connectivity index (χ1n) is 11.1. The van der Waals surface area contributed by atoms with Gasteiger partial charge in [0.2, 0.25) is 0 Å². The number of para-hydroxylation sites is 1. The number of piperidine rings is 1. The van der Waals surface area contributed by atoms with E-state index in [-0.39, 0.29) is 17.3 Å². The first-order valence-corrected chi connectivity index (χ1v) is 11.1. The zero-order valence-electron chi connectivity index (χ0n) is 18.0. The summed E-state index contributed by atoms with van der Waals surface area (Å²) < 4.78 is 22.7. The molecule has 1 unspecified atom stereocenters. The van der Waals surface area contributed by atoms with Crippen molar-refractivity contribution in [2.24, 2.45) is 5.92 Å². The average Bonchev–Trinajstić information content (AvgIpc) is 2.80. The Morgan fingerprint density at radius 1 is 1.23 bits per heavy atom. The smallest absolute Gasteiger partial charge is 0.310 e. The van der Waals surface area contributed by atoms with E-state index in [1.165, 1.54) is 0 Å². The maximum Gasteiger partial charge on any atom is 0.310 e. The summed E-state index contributed by atoms with van der Waals surface area (Å²) in [6.07, 6.45) is 1.84. The number of carbonyl (C=O) groups excluding carboxylic acids is 1. The van der Waals surface area contributed by atoms with Gasteiger partial charge in [-0.25, -0.2) is 0 Å². The highest BCUT2D eigenvalue weighted by atomic mass is 16.5. The lowest BCUT2D eigenvalue weighted by molar-refractivity contribution is -0.150. The summed E-state index contributed by atoms with van der Waals surface area (Å²) in [6.45, 7) is 7.61. The molecule has 1 aromatic heterocycles. The molecule has 2 aliphatic rings. The molecule has 1 atom stereocenters. The monoisotopic (exact) mass is 430 g/mol. The van der Waals surface area contributed by atoms with E-state index in [2.05, 4.69) is 4.90 Å². The average molecular weight is 431 g/mol. The number of fused-ring (bicyclic) bond motifs is 1. The summed E-state index contributed by atoms with van der Waals surface area (Å²) in [5.74, 6) is 0.925. The third-order valence-electron chi connectivity index (χ3n) is 5.82. The zero-order valence-corrected chi connectivity index (χ0v) is 18.0. The molecule has 2 aromatic rings. The normalized spacial score (nSPS) is 20.0. The molecule has 0 aliphatic carbocycles. The Morgan fingerprint density at radius 2 is 2.06 bits per heavy atom. The number of nitrogens with zero attached hydrogens (tertiary/aromatic N) is 2. The molecule has 31 heavy (non-hydrogen) atoms. The minimum absolute atomic E-state index is 0.0691. The van der Waals surface area contributed by atoms with Crippen molar-refractivity contribution in [1.82, 2.24) is 4.90 Å². The van der Waals surface area contributed by atoms with Crippen LogP contribution >= 0.6 is 0 Å². The van der Waals surface area contributed by atoms with Gasteiger partial charge in [-0.2, -0.15) is 0 Å². The van der Waals surface area contributed by atoms with Crippen LogP contribution in [0.15, 0.2) is 33.5 Å². The van der Waals surface area contributed by atoms with Crippen LogP contribution in [-0.2, 0) is 14.3 Å². The number of likely N-dealkylation sites (tertiary alicyclic amines) is 1. The molecule has 2 aliphatic heterocycles. The van der Waals surface area contributed by atoms with E-state index in [1.54, 1.807) is 18.2 Å². The number of rotatable bonds is 7. The van der Waals surface area contributed by atoms with Crippen LogP contribution in [0.2, 0.25) is 0 Å². The molecule has 0 bridgehead atoms. The van der Waals surface area contributed by atoms with Gasteiger partial charge in [-0.15, -0.1) is 0 Å². The number of anilines is 1. The molecule has 1 aromatic carbocycles. The van der Waals surface area contributed by atoms with Gasteiger partial charge >= 0.3 is 5.97 Å². The van der Waals surface area contributed by atoms with Crippen molar-refractivity contribution in [3.8, 4) is 5.75 Å². The predicted molar refractivity (Wildman–Crippen MR) is 117 cm³/mol. The lowest BCUT2D eigenvalue weighted by atomic mass is 9.98. The van der Waals surface area contributed by atoms with Crippen molar-refractivity contribution in [2.45, 2.75) is 19.8 Å². The first-order chi connectivity index (χ1) is 15.2.